The molecule has 2 saturated heterocycles. The fourth-order valence-corrected chi connectivity index (χ4v) is 5.39. The van der Waals surface area contributed by atoms with E-state index in [1.54, 1.807) is 18.2 Å². The fourth-order valence-electron chi connectivity index (χ4n) is 3.82. The highest BCUT2D eigenvalue weighted by Gasteiger charge is 2.33. The molecule has 25 heavy (non-hydrogen) atoms. The Labute approximate surface area is 151 Å². The summed E-state index contributed by atoms with van der Waals surface area (Å²) in [5, 5.41) is 0. The molecule has 0 N–H and O–H groups in total. The lowest BCUT2D eigenvalue weighted by atomic mass is 9.96. The average Bonchev–Trinajstić information content (AvgIpc) is 2.90. The topological polar surface area (TPSA) is 57.7 Å². The highest BCUT2D eigenvalue weighted by Crippen LogP contribution is 2.26. The van der Waals surface area contributed by atoms with Crippen LogP contribution in [0.1, 0.15) is 44.1 Å². The third-order valence-electron chi connectivity index (χ3n) is 5.35. The van der Waals surface area contributed by atoms with E-state index in [4.69, 9.17) is 0 Å². The van der Waals surface area contributed by atoms with Gasteiger partial charge in [-0.1, -0.05) is 25.0 Å². The first-order valence-electron chi connectivity index (χ1n) is 9.34. The second kappa shape index (κ2) is 7.87. The van der Waals surface area contributed by atoms with Crippen molar-refractivity contribution in [1.29, 1.82) is 0 Å². The minimum Gasteiger partial charge on any atom is -0.342 e. The minimum absolute atomic E-state index is 0.0259. The number of rotatable bonds is 3. The zero-order chi connectivity index (χ0) is 17.9. The van der Waals surface area contributed by atoms with Gasteiger partial charge in [0.15, 0.2) is 0 Å². The van der Waals surface area contributed by atoms with Crippen molar-refractivity contribution in [3.05, 3.63) is 29.8 Å². The van der Waals surface area contributed by atoms with Crippen LogP contribution in [0.2, 0.25) is 0 Å². The lowest BCUT2D eigenvalue weighted by Gasteiger charge is -2.33. The van der Waals surface area contributed by atoms with Gasteiger partial charge in [0.1, 0.15) is 0 Å². The number of amides is 1. The van der Waals surface area contributed by atoms with Gasteiger partial charge in [-0.25, -0.2) is 8.42 Å². The van der Waals surface area contributed by atoms with E-state index in [-0.39, 0.29) is 11.8 Å². The van der Waals surface area contributed by atoms with E-state index in [1.165, 1.54) is 17.1 Å². The summed E-state index contributed by atoms with van der Waals surface area (Å²) >= 11 is 0. The molecule has 0 atom stereocenters. The van der Waals surface area contributed by atoms with Crippen LogP contribution in [0.3, 0.4) is 0 Å². The maximum absolute atomic E-state index is 12.8. The second-order valence-electron chi connectivity index (χ2n) is 7.23. The van der Waals surface area contributed by atoms with Crippen molar-refractivity contribution in [2.75, 3.05) is 26.2 Å². The first-order chi connectivity index (χ1) is 12.0. The van der Waals surface area contributed by atoms with Crippen molar-refractivity contribution in [1.82, 2.24) is 9.21 Å². The van der Waals surface area contributed by atoms with Crippen molar-refractivity contribution < 1.29 is 13.2 Å². The summed E-state index contributed by atoms with van der Waals surface area (Å²) in [5.74, 6) is 0.205. The Bertz CT molecular complexity index is 701. The molecule has 0 bridgehead atoms. The molecule has 0 unspecified atom stereocenters. The molecule has 2 aliphatic heterocycles. The predicted octanol–water partition coefficient (Wildman–Crippen LogP) is 2.80. The van der Waals surface area contributed by atoms with E-state index in [9.17, 15) is 13.2 Å². The highest BCUT2D eigenvalue weighted by molar-refractivity contribution is 7.89. The number of benzene rings is 1. The summed E-state index contributed by atoms with van der Waals surface area (Å²) < 4.78 is 27.1. The van der Waals surface area contributed by atoms with Crippen LogP contribution >= 0.6 is 0 Å². The highest BCUT2D eigenvalue weighted by atomic mass is 32.2. The number of carbonyl (C=O) groups excluding carboxylic acids is 1. The zero-order valence-electron chi connectivity index (χ0n) is 15.0. The molecule has 0 radical (unpaired) electrons. The second-order valence-corrected chi connectivity index (χ2v) is 9.17. The van der Waals surface area contributed by atoms with Crippen LogP contribution in [0.5, 0.6) is 0 Å². The summed E-state index contributed by atoms with van der Waals surface area (Å²) in [6.45, 7) is 4.48. The van der Waals surface area contributed by atoms with Crippen LogP contribution in [0.4, 0.5) is 0 Å². The van der Waals surface area contributed by atoms with Gasteiger partial charge in [0.2, 0.25) is 15.9 Å². The van der Waals surface area contributed by atoms with Gasteiger partial charge >= 0.3 is 0 Å². The van der Waals surface area contributed by atoms with Crippen LogP contribution in [0.25, 0.3) is 0 Å². The molecule has 0 saturated carbocycles. The number of likely N-dealkylation sites (tertiary alicyclic amines) is 1. The number of aryl methyl sites for hydroxylation is 1. The number of hydrogen-bond donors (Lipinski definition) is 0. The Hall–Kier alpha value is -1.40. The average molecular weight is 365 g/mol. The molecule has 5 nitrogen and oxygen atoms in total. The van der Waals surface area contributed by atoms with Crippen molar-refractivity contribution in [3.63, 3.8) is 0 Å². The Morgan fingerprint density at radius 3 is 2.24 bits per heavy atom. The number of hydrogen-bond acceptors (Lipinski definition) is 3. The van der Waals surface area contributed by atoms with Gasteiger partial charge in [0.05, 0.1) is 4.90 Å². The quantitative estimate of drug-likeness (QED) is 0.829. The Morgan fingerprint density at radius 1 is 1.00 bits per heavy atom. The Morgan fingerprint density at radius 2 is 1.64 bits per heavy atom. The molecule has 0 aromatic heterocycles. The van der Waals surface area contributed by atoms with Crippen molar-refractivity contribution >= 4 is 15.9 Å². The van der Waals surface area contributed by atoms with Crippen LogP contribution < -0.4 is 0 Å². The van der Waals surface area contributed by atoms with Gasteiger partial charge in [-0.2, -0.15) is 4.31 Å². The molecule has 2 fully saturated rings. The van der Waals surface area contributed by atoms with Crippen LogP contribution in [0.15, 0.2) is 29.2 Å². The fraction of sp³-hybridized carbons (Fsp3) is 0.632. The van der Waals surface area contributed by atoms with E-state index in [0.717, 1.165) is 31.5 Å². The lowest BCUT2D eigenvalue weighted by Crippen LogP contribution is -2.44. The number of nitrogens with zero attached hydrogens (tertiary/aromatic N) is 2. The van der Waals surface area contributed by atoms with E-state index in [2.05, 4.69) is 0 Å². The Kier molecular flexibility index (Phi) is 5.79. The molecule has 138 valence electrons. The van der Waals surface area contributed by atoms with Crippen molar-refractivity contribution in [2.24, 2.45) is 5.92 Å². The molecular formula is C19H28N2O3S. The monoisotopic (exact) mass is 364 g/mol. The zero-order valence-corrected chi connectivity index (χ0v) is 15.8. The molecule has 1 aromatic rings. The van der Waals surface area contributed by atoms with Gasteiger partial charge in [-0.15, -0.1) is 0 Å². The molecule has 2 heterocycles. The molecule has 1 aromatic carbocycles. The molecular weight excluding hydrogens is 336 g/mol. The smallest absolute Gasteiger partial charge is 0.243 e. The van der Waals surface area contributed by atoms with Gasteiger partial charge in [0.25, 0.3) is 0 Å². The Balaban J connectivity index is 1.62. The molecule has 0 aliphatic carbocycles. The predicted molar refractivity (Wildman–Crippen MR) is 97.7 cm³/mol. The number of sulfonamides is 1. The van der Waals surface area contributed by atoms with Gasteiger partial charge in [-0.3, -0.25) is 4.79 Å². The number of carbonyl (C=O) groups is 1. The largest absolute Gasteiger partial charge is 0.342 e. The third kappa shape index (κ3) is 4.23. The van der Waals surface area contributed by atoms with Crippen LogP contribution in [0, 0.1) is 12.8 Å². The van der Waals surface area contributed by atoms with Gasteiger partial charge in [0, 0.05) is 32.1 Å². The first-order valence-corrected chi connectivity index (χ1v) is 10.8. The molecule has 1 amide bonds. The summed E-state index contributed by atoms with van der Waals surface area (Å²) in [5.41, 5.74) is 0.937. The lowest BCUT2D eigenvalue weighted by molar-refractivity contribution is -0.136. The third-order valence-corrected chi connectivity index (χ3v) is 7.24. The normalized spacial score (nSPS) is 21.1. The van der Waals surface area contributed by atoms with E-state index in [1.807, 2.05) is 17.9 Å². The van der Waals surface area contributed by atoms with E-state index >= 15 is 0 Å². The molecule has 0 spiro atoms. The van der Waals surface area contributed by atoms with Crippen LogP contribution in [-0.4, -0.2) is 49.7 Å². The summed E-state index contributed by atoms with van der Waals surface area (Å²) in [4.78, 5) is 15.1. The minimum atomic E-state index is -3.46. The summed E-state index contributed by atoms with van der Waals surface area (Å²) in [6.07, 6.45) is 5.84. The van der Waals surface area contributed by atoms with Crippen molar-refractivity contribution in [2.45, 2.75) is 50.3 Å². The van der Waals surface area contributed by atoms with E-state index in [0.29, 0.717) is 30.8 Å². The van der Waals surface area contributed by atoms with E-state index < -0.39 is 10.0 Å². The number of piperidine rings is 1. The first kappa shape index (κ1) is 18.4. The molecule has 3 rings (SSSR count). The molecule has 6 heteroatoms. The molecule has 2 aliphatic rings. The van der Waals surface area contributed by atoms with Crippen LogP contribution in [-0.2, 0) is 14.8 Å². The maximum Gasteiger partial charge on any atom is 0.243 e. The maximum atomic E-state index is 12.8. The van der Waals surface area contributed by atoms with Gasteiger partial charge < -0.3 is 4.90 Å². The summed E-state index contributed by atoms with van der Waals surface area (Å²) in [6, 6.07) is 7.03. The summed E-state index contributed by atoms with van der Waals surface area (Å²) in [7, 11) is -3.46. The van der Waals surface area contributed by atoms with Gasteiger partial charge in [-0.05, 0) is 50.3 Å². The SMILES string of the molecule is Cc1cccc(S(=O)(=O)N2CCC(C(=O)N3CCCCCC3)CC2)c1. The standard InChI is InChI=1S/C19H28N2O3S/c1-16-7-6-8-18(15-16)25(23,24)21-13-9-17(10-14-21)19(22)20-11-4-2-3-5-12-20/h6-8,15,17H,2-5,9-14H2,1H3. The van der Waals surface area contributed by atoms with Crippen molar-refractivity contribution in [3.8, 4) is 0 Å².